The van der Waals surface area contributed by atoms with Crippen molar-refractivity contribution in [3.05, 3.63) is 76.1 Å². The molecule has 4 heterocycles. The molecule has 2 aromatic carbocycles. The van der Waals surface area contributed by atoms with Crippen molar-refractivity contribution < 1.29 is 18.7 Å². The number of hydrogen-bond acceptors (Lipinski definition) is 8. The standard InChI is InChI=1S/C31H29ClFN5O3S/c32-26-15-23(8-10-28(26)40-18-20-5-4-6-21(33)13-20)37-30-29-27(35-19-36-30)16-25(42-29)9-7-22-14-24(17-34-22)41-31(39)38-11-2-1-3-12-38/h4-6,8,10,13,15-16,19,22,24,34H,1-3,11-12,14,17-18H2,(H,35,36,37)/t22-,24-/m1/s1. The van der Waals surface area contributed by atoms with Crippen LogP contribution in [-0.2, 0) is 11.3 Å². The third-order valence-corrected chi connectivity index (χ3v) is 8.47. The second kappa shape index (κ2) is 12.9. The number of ether oxygens (including phenoxy) is 2. The van der Waals surface area contributed by atoms with E-state index in [-0.39, 0.29) is 30.7 Å². The summed E-state index contributed by atoms with van der Waals surface area (Å²) in [7, 11) is 0. The third-order valence-electron chi connectivity index (χ3n) is 7.13. The highest BCUT2D eigenvalue weighted by molar-refractivity contribution is 7.20. The first kappa shape index (κ1) is 28.2. The average Bonchev–Trinajstić information content (AvgIpc) is 3.63. The van der Waals surface area contributed by atoms with Crippen LogP contribution in [0.4, 0.5) is 20.7 Å². The number of aromatic nitrogens is 2. The Labute approximate surface area is 252 Å². The monoisotopic (exact) mass is 605 g/mol. The van der Waals surface area contributed by atoms with Crippen molar-refractivity contribution in [2.75, 3.05) is 25.0 Å². The lowest BCUT2D eigenvalue weighted by molar-refractivity contribution is 0.0646. The Morgan fingerprint density at radius 3 is 2.88 bits per heavy atom. The summed E-state index contributed by atoms with van der Waals surface area (Å²) < 4.78 is 25.8. The number of nitrogens with zero attached hydrogens (tertiary/aromatic N) is 3. The van der Waals surface area contributed by atoms with Crippen molar-refractivity contribution in [3.63, 3.8) is 0 Å². The van der Waals surface area contributed by atoms with E-state index in [9.17, 15) is 9.18 Å². The average molecular weight is 606 g/mol. The maximum atomic E-state index is 13.4. The molecule has 0 saturated carbocycles. The molecular formula is C31H29ClFN5O3S. The zero-order chi connectivity index (χ0) is 28.9. The van der Waals surface area contributed by atoms with Crippen LogP contribution in [0.2, 0.25) is 5.02 Å². The first-order valence-electron chi connectivity index (χ1n) is 13.9. The molecule has 2 aliphatic rings. The van der Waals surface area contributed by atoms with Gasteiger partial charge in [0.25, 0.3) is 0 Å². The molecule has 4 aromatic rings. The van der Waals surface area contributed by atoms with E-state index < -0.39 is 0 Å². The lowest BCUT2D eigenvalue weighted by Crippen LogP contribution is -2.38. The van der Waals surface area contributed by atoms with Gasteiger partial charge in [-0.05, 0) is 61.2 Å². The molecule has 0 aliphatic carbocycles. The van der Waals surface area contributed by atoms with Crippen molar-refractivity contribution in [1.82, 2.24) is 20.2 Å². The fourth-order valence-corrected chi connectivity index (χ4v) is 6.13. The number of fused-ring (bicyclic) bond motifs is 1. The van der Waals surface area contributed by atoms with E-state index >= 15 is 0 Å². The molecule has 2 fully saturated rings. The fourth-order valence-electron chi connectivity index (χ4n) is 4.98. The quantitative estimate of drug-likeness (QED) is 0.242. The number of amides is 1. The van der Waals surface area contributed by atoms with Crippen LogP contribution in [0.5, 0.6) is 5.75 Å². The van der Waals surface area contributed by atoms with E-state index in [4.69, 9.17) is 21.1 Å². The first-order chi connectivity index (χ1) is 20.5. The van der Waals surface area contributed by atoms with Crippen molar-refractivity contribution in [2.24, 2.45) is 0 Å². The van der Waals surface area contributed by atoms with Gasteiger partial charge < -0.3 is 19.7 Å². The summed E-state index contributed by atoms with van der Waals surface area (Å²) in [5, 5.41) is 7.08. The van der Waals surface area contributed by atoms with Crippen LogP contribution in [-0.4, -0.2) is 52.7 Å². The Balaban J connectivity index is 1.07. The zero-order valence-corrected chi connectivity index (χ0v) is 24.3. The van der Waals surface area contributed by atoms with Crippen LogP contribution in [0, 0.1) is 17.7 Å². The number of carbonyl (C=O) groups is 1. The van der Waals surface area contributed by atoms with Gasteiger partial charge >= 0.3 is 6.09 Å². The van der Waals surface area contributed by atoms with E-state index in [1.165, 1.54) is 36.2 Å². The van der Waals surface area contributed by atoms with Crippen LogP contribution >= 0.6 is 22.9 Å². The first-order valence-corrected chi connectivity index (χ1v) is 15.1. The molecule has 0 spiro atoms. The Morgan fingerprint density at radius 1 is 1.17 bits per heavy atom. The van der Waals surface area contributed by atoms with Crippen LogP contribution in [0.25, 0.3) is 10.2 Å². The molecule has 2 aromatic heterocycles. The molecule has 2 aliphatic heterocycles. The Hall–Kier alpha value is -3.91. The molecule has 216 valence electrons. The van der Waals surface area contributed by atoms with E-state index in [0.29, 0.717) is 35.1 Å². The van der Waals surface area contributed by atoms with Gasteiger partial charge in [-0.3, -0.25) is 5.32 Å². The van der Waals surface area contributed by atoms with Crippen molar-refractivity contribution in [1.29, 1.82) is 0 Å². The van der Waals surface area contributed by atoms with Gasteiger partial charge in [0.1, 0.15) is 30.6 Å². The molecule has 0 radical (unpaired) electrons. The highest BCUT2D eigenvalue weighted by Crippen LogP contribution is 2.33. The summed E-state index contributed by atoms with van der Waals surface area (Å²) in [6.45, 7) is 2.36. The number of piperidine rings is 1. The minimum Gasteiger partial charge on any atom is -0.487 e. The fraction of sp³-hybridized carbons (Fsp3) is 0.323. The van der Waals surface area contributed by atoms with Gasteiger partial charge in [-0.15, -0.1) is 11.3 Å². The van der Waals surface area contributed by atoms with Gasteiger partial charge in [-0.1, -0.05) is 35.6 Å². The molecule has 6 rings (SSSR count). The molecule has 11 heteroatoms. The topological polar surface area (TPSA) is 88.6 Å². The predicted octanol–water partition coefficient (Wildman–Crippen LogP) is 6.51. The van der Waals surface area contributed by atoms with E-state index in [0.717, 1.165) is 46.7 Å². The van der Waals surface area contributed by atoms with Gasteiger partial charge in [0.2, 0.25) is 0 Å². The highest BCUT2D eigenvalue weighted by Gasteiger charge is 2.28. The normalized spacial score (nSPS) is 18.4. The number of nitrogens with one attached hydrogen (secondary N) is 2. The van der Waals surface area contributed by atoms with Crippen molar-refractivity contribution in [2.45, 2.75) is 44.4 Å². The Morgan fingerprint density at radius 2 is 2.05 bits per heavy atom. The second-order valence-electron chi connectivity index (χ2n) is 10.3. The van der Waals surface area contributed by atoms with Gasteiger partial charge in [0, 0.05) is 31.7 Å². The maximum Gasteiger partial charge on any atom is 0.410 e. The summed E-state index contributed by atoms with van der Waals surface area (Å²) in [5.74, 6) is 7.36. The molecular weight excluding hydrogens is 577 g/mol. The lowest BCUT2D eigenvalue weighted by atomic mass is 10.1. The Bertz CT molecular complexity index is 1650. The molecule has 42 heavy (non-hydrogen) atoms. The third kappa shape index (κ3) is 6.93. The number of hydrogen-bond donors (Lipinski definition) is 2. The van der Waals surface area contributed by atoms with Gasteiger partial charge in [-0.25, -0.2) is 19.2 Å². The molecule has 0 unspecified atom stereocenters. The highest BCUT2D eigenvalue weighted by atomic mass is 35.5. The summed E-state index contributed by atoms with van der Waals surface area (Å²) in [4.78, 5) is 23.9. The summed E-state index contributed by atoms with van der Waals surface area (Å²) >= 11 is 7.97. The number of rotatable bonds is 6. The number of anilines is 2. The lowest BCUT2D eigenvalue weighted by Gasteiger charge is -2.27. The summed E-state index contributed by atoms with van der Waals surface area (Å²) in [6, 6.07) is 13.5. The number of carbonyl (C=O) groups excluding carboxylic acids is 1. The molecule has 2 atom stereocenters. The largest absolute Gasteiger partial charge is 0.487 e. The van der Waals surface area contributed by atoms with Crippen molar-refractivity contribution >= 4 is 50.8 Å². The summed E-state index contributed by atoms with van der Waals surface area (Å²) in [6.07, 6.45) is 5.02. The van der Waals surface area contributed by atoms with Gasteiger partial charge in [-0.2, -0.15) is 0 Å². The molecule has 8 nitrogen and oxygen atoms in total. The predicted molar refractivity (Wildman–Crippen MR) is 162 cm³/mol. The van der Waals surface area contributed by atoms with Crippen LogP contribution < -0.4 is 15.4 Å². The molecule has 1 amide bonds. The smallest absolute Gasteiger partial charge is 0.410 e. The van der Waals surface area contributed by atoms with Gasteiger partial charge in [0.15, 0.2) is 5.82 Å². The Kier molecular flexibility index (Phi) is 8.70. The molecule has 2 saturated heterocycles. The van der Waals surface area contributed by atoms with E-state index in [1.54, 1.807) is 29.2 Å². The number of thiophene rings is 1. The molecule has 2 N–H and O–H groups in total. The molecule has 0 bridgehead atoms. The SMILES string of the molecule is O=C(O[C@H]1CN[C@H](C#Cc2cc3ncnc(Nc4ccc(OCc5cccc(F)c5)c(Cl)c4)c3s2)C1)N1CCCCC1. The van der Waals surface area contributed by atoms with E-state index in [1.807, 2.05) is 12.1 Å². The minimum absolute atomic E-state index is 0.0539. The second-order valence-corrected chi connectivity index (χ2v) is 11.7. The van der Waals surface area contributed by atoms with Crippen molar-refractivity contribution in [3.8, 4) is 17.6 Å². The summed E-state index contributed by atoms with van der Waals surface area (Å²) in [5.41, 5.74) is 2.24. The number of benzene rings is 2. The van der Waals surface area contributed by atoms with Crippen LogP contribution in [0.15, 0.2) is 54.9 Å². The zero-order valence-electron chi connectivity index (χ0n) is 22.7. The minimum atomic E-state index is -0.310. The van der Waals surface area contributed by atoms with Crippen LogP contribution in [0.3, 0.4) is 0 Å². The number of halogens is 2. The number of likely N-dealkylation sites (tertiary alicyclic amines) is 1. The van der Waals surface area contributed by atoms with Crippen LogP contribution in [0.1, 0.15) is 36.1 Å². The van der Waals surface area contributed by atoms with Gasteiger partial charge in [0.05, 0.1) is 26.2 Å². The van der Waals surface area contributed by atoms with E-state index in [2.05, 4.69) is 32.4 Å². The maximum absolute atomic E-state index is 13.4.